The first-order chi connectivity index (χ1) is 14.7. The van der Waals surface area contributed by atoms with Crippen LogP contribution in [0.25, 0.3) is 11.3 Å². The number of ether oxygens (including phenoxy) is 1. The fraction of sp³-hybridized carbons (Fsp3) is 0.500. The van der Waals surface area contributed by atoms with Crippen molar-refractivity contribution in [2.75, 3.05) is 43.6 Å². The molecule has 2 aromatic rings. The smallest absolute Gasteiger partial charge is 0.271 e. The zero-order chi connectivity index (χ0) is 22.3. The van der Waals surface area contributed by atoms with Gasteiger partial charge >= 0.3 is 0 Å². The van der Waals surface area contributed by atoms with Crippen molar-refractivity contribution in [1.29, 1.82) is 0 Å². The van der Waals surface area contributed by atoms with Crippen LogP contribution in [0.1, 0.15) is 36.7 Å². The molecule has 0 bridgehead atoms. The van der Waals surface area contributed by atoms with Gasteiger partial charge in [0.15, 0.2) is 17.3 Å². The Balaban J connectivity index is 1.75. The van der Waals surface area contributed by atoms with E-state index in [0.717, 1.165) is 39.0 Å². The highest BCUT2D eigenvalue weighted by molar-refractivity contribution is 6.43. The number of aromatic nitrogens is 2. The maximum Gasteiger partial charge on any atom is 0.271 e. The summed E-state index contributed by atoms with van der Waals surface area (Å²) in [6.45, 7) is 4.47. The maximum atomic E-state index is 12.4. The fourth-order valence-corrected chi connectivity index (χ4v) is 4.96. The van der Waals surface area contributed by atoms with E-state index in [1.54, 1.807) is 12.1 Å². The van der Waals surface area contributed by atoms with Crippen molar-refractivity contribution in [2.24, 2.45) is 11.1 Å². The van der Waals surface area contributed by atoms with Crippen molar-refractivity contribution in [3.63, 3.8) is 0 Å². The van der Waals surface area contributed by atoms with Crippen molar-refractivity contribution in [3.05, 3.63) is 33.9 Å². The molecule has 4 rings (SSSR count). The van der Waals surface area contributed by atoms with E-state index in [2.05, 4.69) is 16.8 Å². The lowest BCUT2D eigenvalue weighted by atomic mass is 9.77. The third-order valence-electron chi connectivity index (χ3n) is 6.24. The van der Waals surface area contributed by atoms with Gasteiger partial charge in [0.05, 0.1) is 22.8 Å². The number of hydrogen-bond acceptors (Lipinski definition) is 6. The van der Waals surface area contributed by atoms with E-state index in [9.17, 15) is 4.79 Å². The zero-order valence-corrected chi connectivity index (χ0v) is 19.5. The molecule has 1 amide bonds. The number of primary amides is 1. The number of carbonyl (C=O) groups excluding carboxylic acids is 1. The first-order valence-corrected chi connectivity index (χ1v) is 11.2. The van der Waals surface area contributed by atoms with Gasteiger partial charge in [0, 0.05) is 32.7 Å². The number of piperidine rings is 1. The minimum Gasteiger partial charge on any atom is -0.378 e. The van der Waals surface area contributed by atoms with Crippen LogP contribution in [0.15, 0.2) is 18.2 Å². The summed E-state index contributed by atoms with van der Waals surface area (Å²) in [5.41, 5.74) is 7.17. The maximum absolute atomic E-state index is 12.4. The number of nitrogens with zero attached hydrogens (tertiary/aromatic N) is 4. The van der Waals surface area contributed by atoms with E-state index < -0.39 is 5.91 Å². The molecule has 1 atom stereocenters. The molecule has 31 heavy (non-hydrogen) atoms. The second-order valence-electron chi connectivity index (χ2n) is 8.74. The fourth-order valence-electron chi connectivity index (χ4n) is 4.57. The van der Waals surface area contributed by atoms with Crippen molar-refractivity contribution in [3.8, 4) is 11.3 Å². The number of halogens is 2. The molecule has 0 unspecified atom stereocenters. The monoisotopic (exact) mass is 463 g/mol. The Bertz CT molecular complexity index is 1010. The minimum absolute atomic E-state index is 0.142. The van der Waals surface area contributed by atoms with Gasteiger partial charge in [0.1, 0.15) is 5.69 Å². The first kappa shape index (κ1) is 22.1. The Morgan fingerprint density at radius 2 is 1.97 bits per heavy atom. The lowest BCUT2D eigenvalue weighted by Crippen LogP contribution is -2.42. The summed E-state index contributed by atoms with van der Waals surface area (Å²) in [5.74, 6) is 0.493. The average molecular weight is 464 g/mol. The summed E-state index contributed by atoms with van der Waals surface area (Å²) in [5, 5.41) is 0.768. The molecule has 2 saturated heterocycles. The molecule has 7 nitrogen and oxygen atoms in total. The van der Waals surface area contributed by atoms with Crippen LogP contribution in [-0.4, -0.2) is 55.8 Å². The van der Waals surface area contributed by atoms with Gasteiger partial charge < -0.3 is 20.3 Å². The SMILES string of the molecule is C[C@H]1CC2(CCN(c3nc(N(C)C)c(-c4cccc(Cl)c4Cl)nc3C(N)=O)CC2)CO1. The molecule has 9 heteroatoms. The summed E-state index contributed by atoms with van der Waals surface area (Å²) >= 11 is 12.7. The van der Waals surface area contributed by atoms with E-state index in [0.29, 0.717) is 39.0 Å². The van der Waals surface area contributed by atoms with E-state index in [1.165, 1.54) is 0 Å². The van der Waals surface area contributed by atoms with E-state index >= 15 is 0 Å². The Hall–Kier alpha value is -2.09. The van der Waals surface area contributed by atoms with E-state index in [4.69, 9.17) is 38.7 Å². The van der Waals surface area contributed by atoms with Gasteiger partial charge in [-0.2, -0.15) is 0 Å². The summed E-state index contributed by atoms with van der Waals surface area (Å²) < 4.78 is 5.83. The molecular formula is C22H27Cl2N5O2. The number of amides is 1. The minimum atomic E-state index is -0.620. The van der Waals surface area contributed by atoms with Crippen LogP contribution < -0.4 is 15.5 Å². The molecule has 2 aliphatic rings. The number of nitrogens with two attached hydrogens (primary N) is 1. The quantitative estimate of drug-likeness (QED) is 0.736. The molecule has 2 N–H and O–H groups in total. The molecule has 166 valence electrons. The van der Waals surface area contributed by atoms with Crippen LogP contribution in [0.2, 0.25) is 10.0 Å². The highest BCUT2D eigenvalue weighted by atomic mass is 35.5. The van der Waals surface area contributed by atoms with Gasteiger partial charge in [-0.15, -0.1) is 0 Å². The molecule has 3 heterocycles. The zero-order valence-electron chi connectivity index (χ0n) is 18.0. The lowest BCUT2D eigenvalue weighted by Gasteiger charge is -2.39. The van der Waals surface area contributed by atoms with Crippen molar-refractivity contribution in [1.82, 2.24) is 9.97 Å². The van der Waals surface area contributed by atoms with Crippen molar-refractivity contribution >= 4 is 40.7 Å². The number of carbonyl (C=O) groups is 1. The van der Waals surface area contributed by atoms with E-state index in [-0.39, 0.29) is 11.1 Å². The second-order valence-corrected chi connectivity index (χ2v) is 9.53. The summed E-state index contributed by atoms with van der Waals surface area (Å²) in [4.78, 5) is 25.8. The number of benzene rings is 1. The van der Waals surface area contributed by atoms with Gasteiger partial charge in [-0.05, 0) is 37.7 Å². The standard InChI is InChI=1S/C22H27Cl2N5O2/c1-13-11-22(12-31-13)7-9-29(10-8-22)21-18(19(25)30)26-17(20(27-21)28(2)3)14-5-4-6-15(23)16(14)24/h4-6,13H,7-12H2,1-3H3,(H2,25,30)/t13-/m0/s1. The predicted octanol–water partition coefficient (Wildman–Crippen LogP) is 4.01. The van der Waals surface area contributed by atoms with Gasteiger partial charge in [-0.25, -0.2) is 9.97 Å². The van der Waals surface area contributed by atoms with Crippen LogP contribution >= 0.6 is 23.2 Å². The van der Waals surface area contributed by atoms with Crippen molar-refractivity contribution < 1.29 is 9.53 Å². The van der Waals surface area contributed by atoms with Gasteiger partial charge in [0.2, 0.25) is 0 Å². The topological polar surface area (TPSA) is 84.6 Å². The molecule has 0 saturated carbocycles. The normalized spacial score (nSPS) is 20.3. The highest BCUT2D eigenvalue weighted by Gasteiger charge is 2.41. The van der Waals surface area contributed by atoms with Gasteiger partial charge in [-0.3, -0.25) is 4.79 Å². The Labute approximate surface area is 192 Å². The van der Waals surface area contributed by atoms with E-state index in [1.807, 2.05) is 25.1 Å². The molecule has 0 radical (unpaired) electrons. The molecule has 2 aliphatic heterocycles. The molecule has 1 aromatic carbocycles. The second kappa shape index (κ2) is 8.45. The predicted molar refractivity (Wildman–Crippen MR) is 124 cm³/mol. The highest BCUT2D eigenvalue weighted by Crippen LogP contribution is 2.43. The number of hydrogen-bond donors (Lipinski definition) is 1. The summed E-state index contributed by atoms with van der Waals surface area (Å²) in [7, 11) is 3.75. The van der Waals surface area contributed by atoms with Crippen molar-refractivity contribution in [2.45, 2.75) is 32.3 Å². The molecule has 1 aromatic heterocycles. The Morgan fingerprint density at radius 3 is 2.55 bits per heavy atom. The number of anilines is 2. The van der Waals surface area contributed by atoms with Crippen LogP contribution in [0.3, 0.4) is 0 Å². The summed E-state index contributed by atoms with van der Waals surface area (Å²) in [6, 6.07) is 5.30. The molecule has 2 fully saturated rings. The number of rotatable bonds is 4. The first-order valence-electron chi connectivity index (χ1n) is 10.4. The Kier molecular flexibility index (Phi) is 6.03. The largest absolute Gasteiger partial charge is 0.378 e. The average Bonchev–Trinajstić information content (AvgIpc) is 3.09. The van der Waals surface area contributed by atoms with Crippen LogP contribution in [-0.2, 0) is 4.74 Å². The van der Waals surface area contributed by atoms with Gasteiger partial charge in [0.25, 0.3) is 5.91 Å². The lowest BCUT2D eigenvalue weighted by molar-refractivity contribution is 0.0970. The molecule has 0 aliphatic carbocycles. The van der Waals surface area contributed by atoms with Crippen LogP contribution in [0.4, 0.5) is 11.6 Å². The third kappa shape index (κ3) is 4.19. The molecule has 1 spiro atoms. The molecular weight excluding hydrogens is 437 g/mol. The third-order valence-corrected chi connectivity index (χ3v) is 7.06. The van der Waals surface area contributed by atoms with Gasteiger partial charge in [-0.1, -0.05) is 35.3 Å². The van der Waals surface area contributed by atoms with Crippen LogP contribution in [0, 0.1) is 5.41 Å². The summed E-state index contributed by atoms with van der Waals surface area (Å²) in [6.07, 6.45) is 3.34. The van der Waals surface area contributed by atoms with Crippen LogP contribution in [0.5, 0.6) is 0 Å². The Morgan fingerprint density at radius 1 is 1.26 bits per heavy atom.